The van der Waals surface area contributed by atoms with Crippen molar-refractivity contribution in [2.24, 2.45) is 5.41 Å². The van der Waals surface area contributed by atoms with E-state index in [-0.39, 0.29) is 28.2 Å². The minimum Gasteiger partial charge on any atom is -0.465 e. The number of carbonyl (C=O) groups excluding carboxylic acids is 1. The fourth-order valence-corrected chi connectivity index (χ4v) is 2.38. The molecule has 1 heterocycles. The van der Waals surface area contributed by atoms with Crippen LogP contribution in [-0.2, 0) is 4.74 Å². The smallest absolute Gasteiger partial charge is 0.340 e. The molecule has 1 atom stereocenters. The molecule has 0 saturated heterocycles. The van der Waals surface area contributed by atoms with Crippen molar-refractivity contribution in [3.8, 4) is 5.69 Å². The van der Waals surface area contributed by atoms with E-state index in [0.717, 1.165) is 4.68 Å². The molecule has 26 heavy (non-hydrogen) atoms. The van der Waals surface area contributed by atoms with Gasteiger partial charge in [-0.3, -0.25) is 4.79 Å². The normalized spacial score (nSPS) is 12.5. The Labute approximate surface area is 156 Å². The highest BCUT2D eigenvalue weighted by molar-refractivity contribution is 6.33. The third-order valence-corrected chi connectivity index (χ3v) is 4.31. The van der Waals surface area contributed by atoms with Crippen LogP contribution in [-0.4, -0.2) is 40.6 Å². The summed E-state index contributed by atoms with van der Waals surface area (Å²) in [4.78, 5) is 24.5. The minimum absolute atomic E-state index is 0.0826. The number of nitrogens with zero attached hydrogens (tertiary/aromatic N) is 2. The Hall–Kier alpha value is -2.38. The van der Waals surface area contributed by atoms with Crippen LogP contribution >= 0.6 is 11.6 Å². The molecule has 1 aromatic heterocycles. The summed E-state index contributed by atoms with van der Waals surface area (Å²) in [6.07, 6.45) is 0.744. The van der Waals surface area contributed by atoms with E-state index in [4.69, 9.17) is 16.3 Å². The lowest BCUT2D eigenvalue weighted by molar-refractivity contribution is 0.0600. The van der Waals surface area contributed by atoms with Gasteiger partial charge in [-0.25, -0.2) is 4.79 Å². The van der Waals surface area contributed by atoms with E-state index in [9.17, 15) is 14.7 Å². The van der Waals surface area contributed by atoms with E-state index < -0.39 is 17.6 Å². The highest BCUT2D eigenvalue weighted by Crippen LogP contribution is 2.22. The zero-order valence-corrected chi connectivity index (χ0v) is 15.9. The van der Waals surface area contributed by atoms with Gasteiger partial charge in [-0.1, -0.05) is 44.5 Å². The molecule has 1 unspecified atom stereocenters. The number of hydrogen-bond acceptors (Lipinski definition) is 6. The number of para-hydroxylation sites is 1. The SMILES string of the molecule is COC(=O)c1ccccc1-n1ncc(NCC(O)C(C)(C)C)c(Cl)c1=O. The van der Waals surface area contributed by atoms with Gasteiger partial charge >= 0.3 is 5.97 Å². The third kappa shape index (κ3) is 4.23. The summed E-state index contributed by atoms with van der Waals surface area (Å²) >= 11 is 6.18. The number of esters is 1. The van der Waals surface area contributed by atoms with E-state index in [2.05, 4.69) is 10.4 Å². The van der Waals surface area contributed by atoms with Crippen LogP contribution in [0.5, 0.6) is 0 Å². The van der Waals surface area contributed by atoms with Crippen LogP contribution in [0, 0.1) is 5.41 Å². The van der Waals surface area contributed by atoms with Gasteiger partial charge in [0.25, 0.3) is 5.56 Å². The number of aliphatic hydroxyl groups excluding tert-OH is 1. The molecule has 0 radical (unpaired) electrons. The first kappa shape index (κ1) is 19.9. The molecule has 0 aliphatic rings. The Morgan fingerprint density at radius 2 is 2.04 bits per heavy atom. The highest BCUT2D eigenvalue weighted by atomic mass is 35.5. The number of carbonyl (C=O) groups is 1. The van der Waals surface area contributed by atoms with Crippen molar-refractivity contribution in [2.75, 3.05) is 19.0 Å². The van der Waals surface area contributed by atoms with Gasteiger partial charge in [-0.2, -0.15) is 9.78 Å². The highest BCUT2D eigenvalue weighted by Gasteiger charge is 2.23. The first-order valence-electron chi connectivity index (χ1n) is 8.04. The molecule has 0 spiro atoms. The van der Waals surface area contributed by atoms with Gasteiger partial charge in [0.1, 0.15) is 5.02 Å². The second-order valence-electron chi connectivity index (χ2n) is 6.86. The number of nitrogens with one attached hydrogen (secondary N) is 1. The molecule has 0 aliphatic heterocycles. The second kappa shape index (κ2) is 7.88. The van der Waals surface area contributed by atoms with Gasteiger partial charge in [-0.15, -0.1) is 0 Å². The van der Waals surface area contributed by atoms with Gasteiger partial charge in [0, 0.05) is 6.54 Å². The number of aliphatic hydroxyl groups is 1. The van der Waals surface area contributed by atoms with Crippen molar-refractivity contribution in [3.05, 3.63) is 51.4 Å². The molecule has 0 aliphatic carbocycles. The van der Waals surface area contributed by atoms with E-state index in [1.54, 1.807) is 18.2 Å². The minimum atomic E-state index is -0.638. The van der Waals surface area contributed by atoms with Crippen molar-refractivity contribution in [2.45, 2.75) is 26.9 Å². The number of rotatable bonds is 5. The Bertz CT molecular complexity index is 858. The van der Waals surface area contributed by atoms with Crippen LogP contribution in [0.4, 0.5) is 5.69 Å². The lowest BCUT2D eigenvalue weighted by atomic mass is 9.89. The average Bonchev–Trinajstić information content (AvgIpc) is 2.61. The van der Waals surface area contributed by atoms with E-state index >= 15 is 0 Å². The summed E-state index contributed by atoms with van der Waals surface area (Å²) in [6.45, 7) is 5.93. The van der Waals surface area contributed by atoms with Crippen LogP contribution in [0.25, 0.3) is 5.69 Å². The Kier molecular flexibility index (Phi) is 6.05. The number of aromatic nitrogens is 2. The molecule has 0 amide bonds. The third-order valence-electron chi connectivity index (χ3n) is 3.94. The topological polar surface area (TPSA) is 93.5 Å². The van der Waals surface area contributed by atoms with Crippen molar-refractivity contribution in [1.82, 2.24) is 9.78 Å². The molecule has 0 fully saturated rings. The van der Waals surface area contributed by atoms with Crippen LogP contribution in [0.15, 0.2) is 35.3 Å². The summed E-state index contributed by atoms with van der Waals surface area (Å²) in [5, 5.41) is 17.1. The molecule has 0 saturated carbocycles. The summed E-state index contributed by atoms with van der Waals surface area (Å²) in [7, 11) is 1.26. The number of hydrogen-bond donors (Lipinski definition) is 2. The summed E-state index contributed by atoms with van der Waals surface area (Å²) in [5.41, 5.74) is -0.122. The van der Waals surface area contributed by atoms with Gasteiger partial charge in [-0.05, 0) is 17.5 Å². The largest absolute Gasteiger partial charge is 0.465 e. The van der Waals surface area contributed by atoms with E-state index in [1.807, 2.05) is 20.8 Å². The second-order valence-corrected chi connectivity index (χ2v) is 7.24. The summed E-state index contributed by atoms with van der Waals surface area (Å²) < 4.78 is 5.78. The molecule has 2 rings (SSSR count). The summed E-state index contributed by atoms with van der Waals surface area (Å²) in [6, 6.07) is 6.45. The predicted octanol–water partition coefficient (Wildman–Crippen LogP) is 2.49. The lowest BCUT2D eigenvalue weighted by Crippen LogP contribution is -2.33. The zero-order chi connectivity index (χ0) is 19.5. The number of benzene rings is 1. The quantitative estimate of drug-likeness (QED) is 0.775. The Morgan fingerprint density at radius 1 is 1.38 bits per heavy atom. The van der Waals surface area contributed by atoms with Gasteiger partial charge in [0.05, 0.1) is 36.3 Å². The van der Waals surface area contributed by atoms with Gasteiger partial charge < -0.3 is 15.2 Å². The standard InChI is InChI=1S/C18H22ClN3O4/c1-18(2,3)14(23)10-20-12-9-21-22(16(24)15(12)19)13-8-6-5-7-11(13)17(25)26-4/h5-9,14,20,23H,10H2,1-4H3. The summed E-state index contributed by atoms with van der Waals surface area (Å²) in [5.74, 6) is -0.582. The fourth-order valence-electron chi connectivity index (χ4n) is 2.18. The number of anilines is 1. The molecule has 1 aromatic carbocycles. The van der Waals surface area contributed by atoms with Crippen LogP contribution in [0.3, 0.4) is 0 Å². The van der Waals surface area contributed by atoms with E-state index in [1.165, 1.54) is 19.4 Å². The van der Waals surface area contributed by atoms with E-state index in [0.29, 0.717) is 5.69 Å². The fraction of sp³-hybridized carbons (Fsp3) is 0.389. The lowest BCUT2D eigenvalue weighted by Gasteiger charge is -2.26. The molecule has 2 aromatic rings. The average molecular weight is 380 g/mol. The van der Waals surface area contributed by atoms with Crippen LogP contribution < -0.4 is 10.9 Å². The zero-order valence-electron chi connectivity index (χ0n) is 15.1. The number of halogens is 1. The Morgan fingerprint density at radius 3 is 2.65 bits per heavy atom. The molecule has 2 N–H and O–H groups in total. The van der Waals surface area contributed by atoms with Gasteiger partial charge in [0.2, 0.25) is 0 Å². The molecule has 8 heteroatoms. The monoisotopic (exact) mass is 379 g/mol. The van der Waals surface area contributed by atoms with Gasteiger partial charge in [0.15, 0.2) is 0 Å². The van der Waals surface area contributed by atoms with Crippen LogP contribution in [0.1, 0.15) is 31.1 Å². The van der Waals surface area contributed by atoms with Crippen molar-refractivity contribution < 1.29 is 14.6 Å². The molecular weight excluding hydrogens is 358 g/mol. The predicted molar refractivity (Wildman–Crippen MR) is 100 cm³/mol. The maximum absolute atomic E-state index is 12.6. The maximum atomic E-state index is 12.6. The van der Waals surface area contributed by atoms with Crippen molar-refractivity contribution in [1.29, 1.82) is 0 Å². The maximum Gasteiger partial charge on any atom is 0.340 e. The van der Waals surface area contributed by atoms with Crippen molar-refractivity contribution in [3.63, 3.8) is 0 Å². The number of ether oxygens (including phenoxy) is 1. The molecular formula is C18H22ClN3O4. The van der Waals surface area contributed by atoms with Crippen molar-refractivity contribution >= 4 is 23.3 Å². The molecule has 0 bridgehead atoms. The first-order valence-corrected chi connectivity index (χ1v) is 8.42. The molecule has 140 valence electrons. The molecule has 7 nitrogen and oxygen atoms in total. The first-order chi connectivity index (χ1) is 12.2. The number of methoxy groups -OCH3 is 1. The van der Waals surface area contributed by atoms with Crippen LogP contribution in [0.2, 0.25) is 5.02 Å². The Balaban J connectivity index is 2.37.